The van der Waals surface area contributed by atoms with Crippen molar-refractivity contribution in [2.45, 2.75) is 0 Å². The second kappa shape index (κ2) is 4.69. The standard InChI is InChI=1S/C12H9FN2O2/c1-17-12-11(14-4-5-15-12)10-3-2-9(13)6-8(10)7-16/h2-7H,1H3. The van der Waals surface area contributed by atoms with Crippen molar-refractivity contribution in [3.8, 4) is 17.1 Å². The SMILES string of the molecule is COc1nccnc1-c1ccc(F)cc1C=O. The maximum Gasteiger partial charge on any atom is 0.240 e. The summed E-state index contributed by atoms with van der Waals surface area (Å²) in [4.78, 5) is 19.0. The lowest BCUT2D eigenvalue weighted by atomic mass is 10.1. The molecule has 0 aliphatic rings. The first kappa shape index (κ1) is 11.2. The zero-order valence-electron chi connectivity index (χ0n) is 9.05. The van der Waals surface area contributed by atoms with E-state index >= 15 is 0 Å². The topological polar surface area (TPSA) is 52.1 Å². The Morgan fingerprint density at radius 2 is 2.06 bits per heavy atom. The molecule has 0 amide bonds. The number of halogens is 1. The van der Waals surface area contributed by atoms with Gasteiger partial charge < -0.3 is 4.74 Å². The second-order valence-electron chi connectivity index (χ2n) is 3.26. The van der Waals surface area contributed by atoms with Crippen molar-refractivity contribution < 1.29 is 13.9 Å². The van der Waals surface area contributed by atoms with E-state index in [2.05, 4.69) is 9.97 Å². The number of carbonyl (C=O) groups excluding carboxylic acids is 1. The maximum atomic E-state index is 13.0. The Kier molecular flexibility index (Phi) is 3.09. The summed E-state index contributed by atoms with van der Waals surface area (Å²) >= 11 is 0. The Hall–Kier alpha value is -2.30. The van der Waals surface area contributed by atoms with Gasteiger partial charge in [0.15, 0.2) is 6.29 Å². The number of hydrogen-bond donors (Lipinski definition) is 0. The Bertz CT molecular complexity index is 558. The number of rotatable bonds is 3. The molecule has 4 nitrogen and oxygen atoms in total. The van der Waals surface area contributed by atoms with Gasteiger partial charge in [-0.3, -0.25) is 4.79 Å². The fourth-order valence-corrected chi connectivity index (χ4v) is 1.51. The highest BCUT2D eigenvalue weighted by Crippen LogP contribution is 2.27. The van der Waals surface area contributed by atoms with Gasteiger partial charge in [0, 0.05) is 23.5 Å². The van der Waals surface area contributed by atoms with Crippen LogP contribution >= 0.6 is 0 Å². The Labute approximate surface area is 97.1 Å². The van der Waals surface area contributed by atoms with E-state index in [0.29, 0.717) is 23.4 Å². The Balaban J connectivity index is 2.63. The Morgan fingerprint density at radius 3 is 2.76 bits per heavy atom. The van der Waals surface area contributed by atoms with Crippen molar-refractivity contribution >= 4 is 6.29 Å². The van der Waals surface area contributed by atoms with Crippen molar-refractivity contribution in [1.82, 2.24) is 9.97 Å². The molecule has 17 heavy (non-hydrogen) atoms. The largest absolute Gasteiger partial charge is 0.479 e. The predicted octanol–water partition coefficient (Wildman–Crippen LogP) is 2.10. The molecule has 1 aromatic carbocycles. The first-order valence-electron chi connectivity index (χ1n) is 4.86. The van der Waals surface area contributed by atoms with Gasteiger partial charge in [-0.15, -0.1) is 0 Å². The molecule has 86 valence electrons. The lowest BCUT2D eigenvalue weighted by Gasteiger charge is -2.07. The quantitative estimate of drug-likeness (QED) is 0.760. The van der Waals surface area contributed by atoms with Crippen LogP contribution in [0, 0.1) is 5.82 Å². The van der Waals surface area contributed by atoms with Crippen LogP contribution in [0.4, 0.5) is 4.39 Å². The van der Waals surface area contributed by atoms with Crippen molar-refractivity contribution in [3.63, 3.8) is 0 Å². The van der Waals surface area contributed by atoms with E-state index in [9.17, 15) is 9.18 Å². The molecule has 0 aliphatic heterocycles. The number of benzene rings is 1. The third-order valence-corrected chi connectivity index (χ3v) is 2.25. The molecule has 0 saturated heterocycles. The van der Waals surface area contributed by atoms with Crippen LogP contribution < -0.4 is 4.74 Å². The van der Waals surface area contributed by atoms with Gasteiger partial charge in [0.05, 0.1) is 7.11 Å². The molecule has 0 radical (unpaired) electrons. The molecule has 1 aromatic heterocycles. The third-order valence-electron chi connectivity index (χ3n) is 2.25. The first-order chi connectivity index (χ1) is 8.26. The summed E-state index contributed by atoms with van der Waals surface area (Å²) in [5.41, 5.74) is 1.12. The van der Waals surface area contributed by atoms with Crippen LogP contribution in [0.3, 0.4) is 0 Å². The van der Waals surface area contributed by atoms with E-state index in [1.165, 1.54) is 31.6 Å². The summed E-state index contributed by atoms with van der Waals surface area (Å²) in [7, 11) is 1.46. The summed E-state index contributed by atoms with van der Waals surface area (Å²) in [5.74, 6) is -0.180. The minimum atomic E-state index is -0.473. The van der Waals surface area contributed by atoms with E-state index in [0.717, 1.165) is 6.07 Å². The molecule has 5 heteroatoms. The van der Waals surface area contributed by atoms with Gasteiger partial charge in [-0.2, -0.15) is 0 Å². The van der Waals surface area contributed by atoms with E-state index in [1.54, 1.807) is 0 Å². The summed E-state index contributed by atoms with van der Waals surface area (Å²) in [6.45, 7) is 0. The molecule has 0 saturated carbocycles. The molecule has 0 bridgehead atoms. The highest BCUT2D eigenvalue weighted by Gasteiger charge is 2.12. The van der Waals surface area contributed by atoms with Crippen LogP contribution in [-0.2, 0) is 0 Å². The smallest absolute Gasteiger partial charge is 0.240 e. The monoisotopic (exact) mass is 232 g/mol. The molecular formula is C12H9FN2O2. The zero-order valence-corrected chi connectivity index (χ0v) is 9.05. The summed E-state index contributed by atoms with van der Waals surface area (Å²) in [6, 6.07) is 3.89. The van der Waals surface area contributed by atoms with Gasteiger partial charge in [0.25, 0.3) is 0 Å². The fourth-order valence-electron chi connectivity index (χ4n) is 1.51. The molecule has 2 aromatic rings. The first-order valence-corrected chi connectivity index (χ1v) is 4.86. The highest BCUT2D eigenvalue weighted by molar-refractivity contribution is 5.87. The number of hydrogen-bond acceptors (Lipinski definition) is 4. The number of ether oxygens (including phenoxy) is 1. The second-order valence-corrected chi connectivity index (χ2v) is 3.26. The minimum absolute atomic E-state index is 0.212. The van der Waals surface area contributed by atoms with Crippen molar-refractivity contribution in [1.29, 1.82) is 0 Å². The van der Waals surface area contributed by atoms with Crippen molar-refractivity contribution in [2.24, 2.45) is 0 Å². The predicted molar refractivity (Wildman–Crippen MR) is 59.4 cm³/mol. The molecule has 2 rings (SSSR count). The summed E-state index contributed by atoms with van der Waals surface area (Å²) in [6.07, 6.45) is 3.54. The van der Waals surface area contributed by atoms with Crippen LogP contribution in [0.15, 0.2) is 30.6 Å². The molecule has 0 unspecified atom stereocenters. The average molecular weight is 232 g/mol. The van der Waals surface area contributed by atoms with E-state index in [-0.39, 0.29) is 5.56 Å². The molecular weight excluding hydrogens is 223 g/mol. The lowest BCUT2D eigenvalue weighted by Crippen LogP contribution is -1.97. The van der Waals surface area contributed by atoms with Crippen LogP contribution in [0.2, 0.25) is 0 Å². The normalized spacial score (nSPS) is 10.0. The van der Waals surface area contributed by atoms with Gasteiger partial charge in [0.1, 0.15) is 11.5 Å². The van der Waals surface area contributed by atoms with Crippen LogP contribution in [-0.4, -0.2) is 23.4 Å². The molecule has 0 N–H and O–H groups in total. The molecule has 1 heterocycles. The minimum Gasteiger partial charge on any atom is -0.479 e. The third kappa shape index (κ3) is 2.13. The van der Waals surface area contributed by atoms with Gasteiger partial charge in [-0.25, -0.2) is 14.4 Å². The van der Waals surface area contributed by atoms with E-state index in [1.807, 2.05) is 0 Å². The number of aldehydes is 1. The number of carbonyl (C=O) groups is 1. The molecule has 0 fully saturated rings. The van der Waals surface area contributed by atoms with Crippen LogP contribution in [0.25, 0.3) is 11.3 Å². The van der Waals surface area contributed by atoms with Gasteiger partial charge in [-0.05, 0) is 18.2 Å². The summed E-state index contributed by atoms with van der Waals surface area (Å²) < 4.78 is 18.1. The van der Waals surface area contributed by atoms with E-state index < -0.39 is 5.82 Å². The zero-order chi connectivity index (χ0) is 12.3. The highest BCUT2D eigenvalue weighted by atomic mass is 19.1. The van der Waals surface area contributed by atoms with Crippen molar-refractivity contribution in [3.05, 3.63) is 42.0 Å². The van der Waals surface area contributed by atoms with Gasteiger partial charge >= 0.3 is 0 Å². The van der Waals surface area contributed by atoms with Gasteiger partial charge in [-0.1, -0.05) is 0 Å². The number of nitrogens with zero attached hydrogens (tertiary/aromatic N) is 2. The fraction of sp³-hybridized carbons (Fsp3) is 0.0833. The average Bonchev–Trinajstić information content (AvgIpc) is 2.38. The Morgan fingerprint density at radius 1 is 1.29 bits per heavy atom. The molecule has 0 aliphatic carbocycles. The number of aromatic nitrogens is 2. The molecule has 0 spiro atoms. The van der Waals surface area contributed by atoms with Crippen molar-refractivity contribution in [2.75, 3.05) is 7.11 Å². The maximum absolute atomic E-state index is 13.0. The number of methoxy groups -OCH3 is 1. The summed E-state index contributed by atoms with van der Waals surface area (Å²) in [5, 5.41) is 0. The lowest BCUT2D eigenvalue weighted by molar-refractivity contribution is 0.112. The van der Waals surface area contributed by atoms with Crippen LogP contribution in [0.1, 0.15) is 10.4 Å². The van der Waals surface area contributed by atoms with E-state index in [4.69, 9.17) is 4.74 Å². The van der Waals surface area contributed by atoms with Crippen LogP contribution in [0.5, 0.6) is 5.88 Å². The van der Waals surface area contributed by atoms with Gasteiger partial charge in [0.2, 0.25) is 5.88 Å². The molecule has 0 atom stereocenters.